The van der Waals surface area contributed by atoms with Crippen LogP contribution in [0, 0.1) is 0 Å². The number of carbonyl (C=O) groups is 2. The van der Waals surface area contributed by atoms with E-state index in [1.54, 1.807) is 0 Å². The van der Waals surface area contributed by atoms with Gasteiger partial charge in [0.05, 0.1) is 0 Å². The summed E-state index contributed by atoms with van der Waals surface area (Å²) in [5, 5.41) is 17.8. The number of carboxylic acids is 2. The van der Waals surface area contributed by atoms with Crippen LogP contribution >= 0.6 is 0 Å². The number of rotatable bonds is 0. The van der Waals surface area contributed by atoms with Crippen LogP contribution in [0.4, 0.5) is 0 Å². The number of hydrogen-bond donors (Lipinski definition) is 0. The third-order valence-electron chi connectivity index (χ3n) is 0. The minimum atomic E-state index is -1.08. The molecule has 58 valence electrons. The molecule has 0 fully saturated rings. The van der Waals surface area contributed by atoms with Crippen LogP contribution in [0.5, 0.6) is 0 Å². The van der Waals surface area contributed by atoms with E-state index >= 15 is 0 Å². The largest absolute Gasteiger partial charge is 2.00 e. The topological polar surface area (TPSA) is 97.3 Å². The molecule has 2 radical (unpaired) electrons. The van der Waals surface area contributed by atoms with Crippen LogP contribution in [-0.4, -0.2) is 28.4 Å². The fraction of sp³-hybridized carbons (Fsp3) is 0.500. The van der Waals surface area contributed by atoms with E-state index < -0.39 is 11.9 Å². The molecule has 0 aliphatic heterocycles. The van der Waals surface area contributed by atoms with E-state index in [-0.39, 0.29) is 19.5 Å². The first-order valence-electron chi connectivity index (χ1n) is 2.02. The zero-order chi connectivity index (χ0) is 9.15. The van der Waals surface area contributed by atoms with Crippen molar-refractivity contribution in [2.24, 2.45) is 0 Å². The molecule has 0 aliphatic rings. The Labute approximate surface area is 85.4 Å². The van der Waals surface area contributed by atoms with Gasteiger partial charge in [0.15, 0.2) is 0 Å². The van der Waals surface area contributed by atoms with E-state index in [1.165, 1.54) is 0 Å². The molecule has 0 atom stereocenters. The summed E-state index contributed by atoms with van der Waals surface area (Å²) in [5.74, 6) is -2.17. The monoisotopic (exact) mass is 272 g/mol. The maximum atomic E-state index is 8.89. The molecule has 0 saturated heterocycles. The van der Waals surface area contributed by atoms with Gasteiger partial charge in [-0.15, -0.1) is 0 Å². The van der Waals surface area contributed by atoms with Crippen LogP contribution in [0.3, 0.4) is 0 Å². The Morgan fingerprint density at radius 3 is 1.00 bits per heavy atom. The van der Waals surface area contributed by atoms with Gasteiger partial charge in [0, 0.05) is 11.9 Å². The van der Waals surface area contributed by atoms with E-state index in [0.717, 1.165) is 30.3 Å². The third kappa shape index (κ3) is 70400. The zero-order valence-electron chi connectivity index (χ0n) is 6.25. The van der Waals surface area contributed by atoms with Crippen molar-refractivity contribution in [1.82, 2.24) is 0 Å². The normalized spacial score (nSPS) is 4.91. The van der Waals surface area contributed by atoms with Gasteiger partial charge >= 0.3 is 39.7 Å². The predicted octanol–water partition coefficient (Wildman–Crippen LogP) is -2.99. The van der Waals surface area contributed by atoms with E-state index in [0.29, 0.717) is 0 Å². The van der Waals surface area contributed by atoms with Gasteiger partial charge in [-0.25, -0.2) is 0 Å². The molecule has 0 aromatic rings. The molecule has 0 aromatic heterocycles. The van der Waals surface area contributed by atoms with Gasteiger partial charge in [0.25, 0.3) is 0 Å². The predicted molar refractivity (Wildman–Crippen MR) is 27.8 cm³/mol. The summed E-state index contributed by atoms with van der Waals surface area (Å²) in [6, 6.07) is 0. The summed E-state index contributed by atoms with van der Waals surface area (Å²) >= 11 is 0.750. The first-order valence-corrected chi connectivity index (χ1v) is 2.88. The van der Waals surface area contributed by atoms with Crippen LogP contribution in [0.15, 0.2) is 0 Å². The second kappa shape index (κ2) is 22.5. The number of carboxylic acid groups (broad SMARTS) is 2. The number of aliphatic carboxylic acids is 2. The minimum absolute atomic E-state index is 0. The van der Waals surface area contributed by atoms with Crippen molar-refractivity contribution in [2.75, 3.05) is 0 Å². The van der Waals surface area contributed by atoms with Crippen LogP contribution in [-0.2, 0) is 32.8 Å². The van der Waals surface area contributed by atoms with Crippen molar-refractivity contribution in [2.45, 2.75) is 13.8 Å². The van der Waals surface area contributed by atoms with Crippen molar-refractivity contribution in [3.63, 3.8) is 0 Å². The molecule has 0 aromatic carbocycles. The fourth-order valence-corrected chi connectivity index (χ4v) is 0. The quantitative estimate of drug-likeness (QED) is 0.438. The first kappa shape index (κ1) is 22.4. The summed E-state index contributed by atoms with van der Waals surface area (Å²) in [4.78, 5) is 17.8. The molecule has 0 heterocycles. The summed E-state index contributed by atoms with van der Waals surface area (Å²) in [7, 11) is 0. The summed E-state index contributed by atoms with van der Waals surface area (Å²) in [6.07, 6.45) is 0. The van der Waals surface area contributed by atoms with Crippen molar-refractivity contribution >= 4 is 28.4 Å². The molecule has 0 N–H and O–H groups in total. The Morgan fingerprint density at radius 2 is 1.00 bits per heavy atom. The molecular weight excluding hydrogens is 266 g/mol. The van der Waals surface area contributed by atoms with Gasteiger partial charge < -0.3 is 19.8 Å². The standard InChI is InChI=1S/2C2H4O2.GeO.Zn/c2*1-2(3)4;1-2;/h2*1H3,(H,3,4);;/q;;;+2/p-2. The second-order valence-electron chi connectivity index (χ2n) is 0.983. The second-order valence-corrected chi connectivity index (χ2v) is 0.983. The van der Waals surface area contributed by atoms with Crippen molar-refractivity contribution in [1.29, 1.82) is 0 Å². The van der Waals surface area contributed by atoms with Crippen LogP contribution in [0.2, 0.25) is 0 Å². The van der Waals surface area contributed by atoms with E-state index in [1.807, 2.05) is 0 Å². The molecule has 0 aliphatic carbocycles. The molecule has 0 bridgehead atoms. The SMILES string of the molecule is CC(=O)[O-].CC(=O)[O-].[O]=[Ge].[Zn+2]. The Bertz CT molecular complexity index is 86.7. The average molecular weight is 272 g/mol. The smallest absolute Gasteiger partial charge is 2.00 e. The Kier molecular flexibility index (Phi) is 46.0. The van der Waals surface area contributed by atoms with E-state index in [2.05, 4.69) is 0 Å². The summed E-state index contributed by atoms with van der Waals surface area (Å²) < 4.78 is 8.25. The zero-order valence-corrected chi connectivity index (χ0v) is 11.3. The average Bonchev–Trinajstić information content (AvgIpc) is 1.66. The Balaban J connectivity index is -0.0000000339. The van der Waals surface area contributed by atoms with Gasteiger partial charge in [-0.05, 0) is 13.8 Å². The van der Waals surface area contributed by atoms with Gasteiger partial charge in [-0.1, -0.05) is 0 Å². The number of carbonyl (C=O) groups excluding carboxylic acids is 2. The van der Waals surface area contributed by atoms with Gasteiger partial charge in [-0.2, -0.15) is 0 Å². The van der Waals surface area contributed by atoms with Gasteiger partial charge in [0.2, 0.25) is 0 Å². The molecule has 0 amide bonds. The Hall–Kier alpha value is -0.0938. The molecule has 0 saturated carbocycles. The van der Waals surface area contributed by atoms with Gasteiger partial charge in [0.1, 0.15) is 0 Å². The summed E-state index contributed by atoms with van der Waals surface area (Å²) in [5.41, 5.74) is 0. The third-order valence-corrected chi connectivity index (χ3v) is 0. The Morgan fingerprint density at radius 1 is 1.00 bits per heavy atom. The molecular formula is C4H6GeO5Zn. The van der Waals surface area contributed by atoms with Crippen molar-refractivity contribution in [3.8, 4) is 0 Å². The van der Waals surface area contributed by atoms with Gasteiger partial charge in [-0.3, -0.25) is 0 Å². The molecule has 0 unspecified atom stereocenters. The van der Waals surface area contributed by atoms with E-state index in [4.69, 9.17) is 23.6 Å². The molecule has 7 heteroatoms. The summed E-state index contributed by atoms with van der Waals surface area (Å²) in [6.45, 7) is 1.94. The first-order chi connectivity index (χ1) is 4.46. The molecule has 0 spiro atoms. The maximum absolute atomic E-state index is 8.89. The van der Waals surface area contributed by atoms with Crippen LogP contribution in [0.25, 0.3) is 0 Å². The van der Waals surface area contributed by atoms with Crippen LogP contribution < -0.4 is 10.2 Å². The fourth-order valence-electron chi connectivity index (χ4n) is 0. The molecule has 0 rings (SSSR count). The van der Waals surface area contributed by atoms with Crippen molar-refractivity contribution < 1.29 is 43.1 Å². The molecule has 11 heavy (non-hydrogen) atoms. The van der Waals surface area contributed by atoms with Crippen molar-refractivity contribution in [3.05, 3.63) is 0 Å². The minimum Gasteiger partial charge on any atom is 2.00 e. The number of hydrogen-bond acceptors (Lipinski definition) is 5. The van der Waals surface area contributed by atoms with Crippen LogP contribution in [0.1, 0.15) is 13.8 Å². The maximum Gasteiger partial charge on any atom is 2.00 e. The van der Waals surface area contributed by atoms with E-state index in [9.17, 15) is 0 Å². The molecule has 5 nitrogen and oxygen atoms in total.